The lowest BCUT2D eigenvalue weighted by Crippen LogP contribution is -2.35. The third-order valence-corrected chi connectivity index (χ3v) is 7.31. The number of aromatic nitrogens is 4. The molecule has 0 aliphatic carbocycles. The highest BCUT2D eigenvalue weighted by atomic mass is 32.2. The van der Waals surface area contributed by atoms with Crippen LogP contribution in [0.4, 0.5) is 5.69 Å². The van der Waals surface area contributed by atoms with Gasteiger partial charge in [0.15, 0.2) is 15.5 Å². The summed E-state index contributed by atoms with van der Waals surface area (Å²) in [4.78, 5) is 15.3. The summed E-state index contributed by atoms with van der Waals surface area (Å²) in [7, 11) is -3.20. The molecule has 2 aromatic heterocycles. The first-order valence-corrected chi connectivity index (χ1v) is 13.0. The molecule has 0 saturated carbocycles. The molecule has 5 rings (SSSR count). The zero-order valence-corrected chi connectivity index (χ0v) is 19.6. The molecule has 2 aromatic carbocycles. The molecular formula is C25H25N5O3S. The number of rotatable bonds is 5. The van der Waals surface area contributed by atoms with E-state index in [4.69, 9.17) is 5.10 Å². The summed E-state index contributed by atoms with van der Waals surface area (Å²) in [6.45, 7) is 1.63. The number of anilines is 1. The third-order valence-electron chi connectivity index (χ3n) is 6.18. The van der Waals surface area contributed by atoms with Crippen LogP contribution < -0.4 is 10.3 Å². The lowest BCUT2D eigenvalue weighted by Gasteiger charge is -2.34. The number of sulfone groups is 1. The largest absolute Gasteiger partial charge is 0.371 e. The predicted molar refractivity (Wildman–Crippen MR) is 131 cm³/mol. The van der Waals surface area contributed by atoms with Crippen molar-refractivity contribution in [3.05, 3.63) is 89.3 Å². The van der Waals surface area contributed by atoms with Crippen LogP contribution in [0.25, 0.3) is 17.1 Å². The average Bonchev–Trinajstić information content (AvgIpc) is 3.34. The third kappa shape index (κ3) is 4.38. The van der Waals surface area contributed by atoms with Gasteiger partial charge in [0, 0.05) is 37.3 Å². The standard InChI is InChI=1S/C25H25N5O3S/c1-34(32,33)22-9-7-19(8-10-22)28-16-12-20(13-17-28)29-18-14-24(31)25(27-29)23-11-15-26-30(23)21-5-3-2-4-6-21/h2-11,14-15,18,20H,12-13,16-17H2,1H3. The molecule has 0 spiro atoms. The van der Waals surface area contributed by atoms with Gasteiger partial charge >= 0.3 is 0 Å². The van der Waals surface area contributed by atoms with Crippen molar-refractivity contribution in [2.75, 3.05) is 24.2 Å². The van der Waals surface area contributed by atoms with Crippen LogP contribution in [-0.2, 0) is 9.84 Å². The van der Waals surface area contributed by atoms with Gasteiger partial charge in [-0.3, -0.25) is 9.48 Å². The summed E-state index contributed by atoms with van der Waals surface area (Å²) >= 11 is 0. The fourth-order valence-corrected chi connectivity index (χ4v) is 4.98. The van der Waals surface area contributed by atoms with E-state index < -0.39 is 9.84 Å². The average molecular weight is 476 g/mol. The molecule has 174 valence electrons. The van der Waals surface area contributed by atoms with Crippen molar-refractivity contribution in [2.24, 2.45) is 0 Å². The maximum absolute atomic E-state index is 12.7. The topological polar surface area (TPSA) is 90.1 Å². The van der Waals surface area contributed by atoms with Crippen LogP contribution in [0.15, 0.2) is 88.8 Å². The van der Waals surface area contributed by atoms with Crippen LogP contribution in [0.1, 0.15) is 18.9 Å². The van der Waals surface area contributed by atoms with Crippen molar-refractivity contribution in [3.63, 3.8) is 0 Å². The van der Waals surface area contributed by atoms with Gasteiger partial charge in [0.25, 0.3) is 0 Å². The highest BCUT2D eigenvalue weighted by Crippen LogP contribution is 2.27. The van der Waals surface area contributed by atoms with Gasteiger partial charge in [-0.1, -0.05) is 18.2 Å². The van der Waals surface area contributed by atoms with E-state index in [1.165, 1.54) is 6.26 Å². The van der Waals surface area contributed by atoms with Crippen LogP contribution in [0.3, 0.4) is 0 Å². The number of nitrogens with zero attached hydrogens (tertiary/aromatic N) is 5. The smallest absolute Gasteiger partial charge is 0.209 e. The van der Waals surface area contributed by atoms with E-state index in [9.17, 15) is 13.2 Å². The Morgan fingerprint density at radius 1 is 0.882 bits per heavy atom. The van der Waals surface area contributed by atoms with Gasteiger partial charge < -0.3 is 4.90 Å². The quantitative estimate of drug-likeness (QED) is 0.440. The van der Waals surface area contributed by atoms with Crippen molar-refractivity contribution < 1.29 is 8.42 Å². The summed E-state index contributed by atoms with van der Waals surface area (Å²) < 4.78 is 27.0. The maximum Gasteiger partial charge on any atom is 0.209 e. The first-order chi connectivity index (χ1) is 16.4. The van der Waals surface area contributed by atoms with Gasteiger partial charge in [0.05, 0.1) is 28.5 Å². The van der Waals surface area contributed by atoms with Crippen molar-refractivity contribution in [1.82, 2.24) is 19.6 Å². The van der Waals surface area contributed by atoms with Gasteiger partial charge in [-0.15, -0.1) is 0 Å². The Kier molecular flexibility index (Phi) is 5.79. The Labute approximate surface area is 198 Å². The molecule has 1 aliphatic rings. The van der Waals surface area contributed by atoms with Crippen molar-refractivity contribution >= 4 is 15.5 Å². The molecule has 1 aliphatic heterocycles. The van der Waals surface area contributed by atoms with E-state index in [0.29, 0.717) is 16.3 Å². The fourth-order valence-electron chi connectivity index (χ4n) is 4.35. The molecule has 34 heavy (non-hydrogen) atoms. The van der Waals surface area contributed by atoms with Crippen LogP contribution in [0.2, 0.25) is 0 Å². The first kappa shape index (κ1) is 22.1. The molecule has 8 nitrogen and oxygen atoms in total. The number of hydrogen-bond donors (Lipinski definition) is 0. The SMILES string of the molecule is CS(=O)(=O)c1ccc(N2CCC(n3ccc(=O)c(-c4ccnn4-c4ccccc4)n3)CC2)cc1. The molecule has 0 unspecified atom stereocenters. The Hall–Kier alpha value is -3.72. The number of hydrogen-bond acceptors (Lipinski definition) is 6. The zero-order valence-electron chi connectivity index (χ0n) is 18.8. The second-order valence-electron chi connectivity index (χ2n) is 8.46. The van der Waals surface area contributed by atoms with E-state index >= 15 is 0 Å². The van der Waals surface area contributed by atoms with Crippen LogP contribution in [-0.4, -0.2) is 47.3 Å². The van der Waals surface area contributed by atoms with Gasteiger partial charge in [-0.2, -0.15) is 10.2 Å². The molecule has 3 heterocycles. The Morgan fingerprint density at radius 2 is 1.59 bits per heavy atom. The molecule has 0 bridgehead atoms. The molecule has 1 fully saturated rings. The molecule has 1 saturated heterocycles. The summed E-state index contributed by atoms with van der Waals surface area (Å²) in [5.74, 6) is 0. The van der Waals surface area contributed by atoms with E-state index in [0.717, 1.165) is 37.3 Å². The van der Waals surface area contributed by atoms with Crippen molar-refractivity contribution in [2.45, 2.75) is 23.8 Å². The van der Waals surface area contributed by atoms with Crippen LogP contribution >= 0.6 is 0 Å². The summed E-state index contributed by atoms with van der Waals surface area (Å²) in [6, 6.07) is 20.3. The maximum atomic E-state index is 12.7. The second-order valence-corrected chi connectivity index (χ2v) is 10.5. The minimum absolute atomic E-state index is 0.141. The molecule has 0 N–H and O–H groups in total. The minimum Gasteiger partial charge on any atom is -0.371 e. The van der Waals surface area contributed by atoms with Gasteiger partial charge in [0.2, 0.25) is 5.43 Å². The first-order valence-electron chi connectivity index (χ1n) is 11.1. The number of para-hydroxylation sites is 1. The fraction of sp³-hybridized carbons (Fsp3) is 0.240. The molecule has 0 atom stereocenters. The molecule has 9 heteroatoms. The lowest BCUT2D eigenvalue weighted by atomic mass is 10.0. The van der Waals surface area contributed by atoms with E-state index in [2.05, 4.69) is 10.00 Å². The highest BCUT2D eigenvalue weighted by molar-refractivity contribution is 7.90. The van der Waals surface area contributed by atoms with Gasteiger partial charge in [-0.05, 0) is 55.3 Å². The molecular weight excluding hydrogens is 450 g/mol. The summed E-state index contributed by atoms with van der Waals surface area (Å²) in [6.07, 6.45) is 6.37. The van der Waals surface area contributed by atoms with E-state index in [1.54, 1.807) is 35.3 Å². The zero-order chi connectivity index (χ0) is 23.7. The Morgan fingerprint density at radius 3 is 2.26 bits per heavy atom. The highest BCUT2D eigenvalue weighted by Gasteiger charge is 2.23. The van der Waals surface area contributed by atoms with Gasteiger partial charge in [0.1, 0.15) is 0 Å². The van der Waals surface area contributed by atoms with Gasteiger partial charge in [-0.25, -0.2) is 13.1 Å². The minimum atomic E-state index is -3.20. The summed E-state index contributed by atoms with van der Waals surface area (Å²) in [5.41, 5.74) is 2.77. The molecule has 0 radical (unpaired) electrons. The molecule has 0 amide bonds. The normalized spacial score (nSPS) is 14.9. The molecule has 4 aromatic rings. The Balaban J connectivity index is 1.35. The van der Waals surface area contributed by atoms with Crippen molar-refractivity contribution in [1.29, 1.82) is 0 Å². The lowest BCUT2D eigenvalue weighted by molar-refractivity contribution is 0.362. The Bertz CT molecular complexity index is 1450. The summed E-state index contributed by atoms with van der Waals surface area (Å²) in [5, 5.41) is 9.11. The van der Waals surface area contributed by atoms with Crippen LogP contribution in [0.5, 0.6) is 0 Å². The second kappa shape index (κ2) is 8.90. The number of benzene rings is 2. The van der Waals surface area contributed by atoms with E-state index in [-0.39, 0.29) is 11.5 Å². The monoisotopic (exact) mass is 475 g/mol. The van der Waals surface area contributed by atoms with Crippen molar-refractivity contribution in [3.8, 4) is 17.1 Å². The van der Waals surface area contributed by atoms with E-state index in [1.807, 2.05) is 53.2 Å². The van der Waals surface area contributed by atoms with Crippen LogP contribution in [0, 0.1) is 0 Å². The predicted octanol–water partition coefficient (Wildman–Crippen LogP) is 3.34. The number of piperidine rings is 1.